The van der Waals surface area contributed by atoms with E-state index in [1.165, 1.54) is 11.1 Å². The van der Waals surface area contributed by atoms with Crippen LogP contribution in [0.25, 0.3) is 0 Å². The minimum absolute atomic E-state index is 0.237. The smallest absolute Gasteiger partial charge is 0.321 e. The zero-order valence-corrected chi connectivity index (χ0v) is 13.1. The minimum atomic E-state index is -0.742. The van der Waals surface area contributed by atoms with Gasteiger partial charge in [-0.1, -0.05) is 45.0 Å². The van der Waals surface area contributed by atoms with E-state index in [2.05, 4.69) is 50.4 Å². The first-order valence-electron chi connectivity index (χ1n) is 7.16. The molecule has 3 atom stereocenters. The number of benzene rings is 1. The molecule has 1 aromatic carbocycles. The number of hydrogen-bond donors (Lipinski definition) is 2. The average molecular weight is 293 g/mol. The van der Waals surface area contributed by atoms with Gasteiger partial charge in [-0.2, -0.15) is 0 Å². The summed E-state index contributed by atoms with van der Waals surface area (Å²) < 4.78 is 0. The maximum atomic E-state index is 11.0. The summed E-state index contributed by atoms with van der Waals surface area (Å²) in [5.41, 5.74) is 2.68. The molecule has 1 heterocycles. The van der Waals surface area contributed by atoms with Crippen LogP contribution in [0.15, 0.2) is 24.3 Å². The van der Waals surface area contributed by atoms with Crippen molar-refractivity contribution in [1.82, 2.24) is 5.32 Å². The van der Waals surface area contributed by atoms with Gasteiger partial charge in [0.05, 0.1) is 5.37 Å². The van der Waals surface area contributed by atoms with Crippen LogP contribution in [-0.4, -0.2) is 28.2 Å². The summed E-state index contributed by atoms with van der Waals surface area (Å²) in [5, 5.41) is 12.4. The van der Waals surface area contributed by atoms with E-state index in [0.717, 1.165) is 6.42 Å². The lowest BCUT2D eigenvalue weighted by molar-refractivity contribution is -0.138. The van der Waals surface area contributed by atoms with Crippen molar-refractivity contribution in [1.29, 1.82) is 0 Å². The van der Waals surface area contributed by atoms with Gasteiger partial charge in [-0.25, -0.2) is 0 Å². The van der Waals surface area contributed by atoms with Crippen molar-refractivity contribution in [2.24, 2.45) is 5.92 Å². The van der Waals surface area contributed by atoms with Gasteiger partial charge in [0.1, 0.15) is 6.04 Å². The topological polar surface area (TPSA) is 49.3 Å². The summed E-state index contributed by atoms with van der Waals surface area (Å²) in [7, 11) is 0. The number of hydrogen-bond acceptors (Lipinski definition) is 3. The number of nitrogens with one attached hydrogen (secondary N) is 1. The zero-order chi connectivity index (χ0) is 14.7. The molecule has 1 aromatic rings. The standard InChI is InChI=1S/C16H23NO2S/c1-10(2)13-6-4-12(5-7-13)8-11(3)15-17-14(9-20-15)16(18)19/h4-7,10-11,14-15,17H,8-9H2,1-3H3,(H,18,19). The van der Waals surface area contributed by atoms with Gasteiger partial charge in [0.15, 0.2) is 0 Å². The normalized spacial score (nSPS) is 24.0. The van der Waals surface area contributed by atoms with Crippen LogP contribution in [0.1, 0.15) is 37.8 Å². The van der Waals surface area contributed by atoms with Crippen LogP contribution in [0, 0.1) is 5.92 Å². The molecule has 3 nitrogen and oxygen atoms in total. The minimum Gasteiger partial charge on any atom is -0.480 e. The highest BCUT2D eigenvalue weighted by atomic mass is 32.2. The number of aliphatic carboxylic acids is 1. The molecule has 0 amide bonds. The largest absolute Gasteiger partial charge is 0.480 e. The average Bonchev–Trinajstić information content (AvgIpc) is 2.89. The van der Waals surface area contributed by atoms with Crippen LogP contribution in [-0.2, 0) is 11.2 Å². The summed E-state index contributed by atoms with van der Waals surface area (Å²) >= 11 is 1.72. The first kappa shape index (κ1) is 15.4. The number of carboxylic acids is 1. The Balaban J connectivity index is 1.91. The molecular formula is C16H23NO2S. The number of rotatable bonds is 5. The Morgan fingerprint density at radius 1 is 1.35 bits per heavy atom. The van der Waals surface area contributed by atoms with Crippen LogP contribution in [0.4, 0.5) is 0 Å². The van der Waals surface area contributed by atoms with Crippen molar-refractivity contribution in [3.63, 3.8) is 0 Å². The molecule has 1 aliphatic heterocycles. The third kappa shape index (κ3) is 3.76. The predicted molar refractivity (Wildman–Crippen MR) is 84.2 cm³/mol. The van der Waals surface area contributed by atoms with Gasteiger partial charge in [-0.3, -0.25) is 10.1 Å². The number of carboxylic acid groups (broad SMARTS) is 1. The van der Waals surface area contributed by atoms with Crippen molar-refractivity contribution < 1.29 is 9.90 Å². The highest BCUT2D eigenvalue weighted by Crippen LogP contribution is 2.27. The van der Waals surface area contributed by atoms with Gasteiger partial charge in [-0.15, -0.1) is 11.8 Å². The first-order valence-corrected chi connectivity index (χ1v) is 8.21. The second-order valence-electron chi connectivity index (χ2n) is 5.89. The molecule has 4 heteroatoms. The Morgan fingerprint density at radius 2 is 2.00 bits per heavy atom. The van der Waals surface area contributed by atoms with Gasteiger partial charge in [0, 0.05) is 5.75 Å². The first-order chi connectivity index (χ1) is 9.47. The van der Waals surface area contributed by atoms with Gasteiger partial charge < -0.3 is 5.11 Å². The molecular weight excluding hydrogens is 270 g/mol. The second kappa shape index (κ2) is 6.64. The maximum absolute atomic E-state index is 11.0. The van der Waals surface area contributed by atoms with E-state index in [1.807, 2.05) is 0 Å². The van der Waals surface area contributed by atoms with E-state index in [0.29, 0.717) is 17.6 Å². The van der Waals surface area contributed by atoms with Crippen molar-refractivity contribution >= 4 is 17.7 Å². The lowest BCUT2D eigenvalue weighted by Gasteiger charge is -2.19. The third-order valence-electron chi connectivity index (χ3n) is 3.83. The third-order valence-corrected chi connectivity index (χ3v) is 5.31. The number of thioether (sulfide) groups is 1. The van der Waals surface area contributed by atoms with Gasteiger partial charge in [-0.05, 0) is 29.4 Å². The fourth-order valence-corrected chi connectivity index (χ4v) is 3.81. The summed E-state index contributed by atoms with van der Waals surface area (Å²) in [6.07, 6.45) is 0.982. The molecule has 2 rings (SSSR count). The molecule has 3 unspecified atom stereocenters. The van der Waals surface area contributed by atoms with E-state index < -0.39 is 12.0 Å². The van der Waals surface area contributed by atoms with E-state index in [4.69, 9.17) is 5.11 Å². The lowest BCUT2D eigenvalue weighted by atomic mass is 9.97. The molecule has 1 saturated heterocycles. The molecule has 1 fully saturated rings. The van der Waals surface area contributed by atoms with Crippen molar-refractivity contribution in [2.75, 3.05) is 5.75 Å². The van der Waals surface area contributed by atoms with Crippen molar-refractivity contribution in [3.8, 4) is 0 Å². The van der Waals surface area contributed by atoms with Crippen LogP contribution >= 0.6 is 11.8 Å². The monoisotopic (exact) mass is 293 g/mol. The molecule has 0 saturated carbocycles. The highest BCUT2D eigenvalue weighted by Gasteiger charge is 2.32. The van der Waals surface area contributed by atoms with Crippen LogP contribution in [0.3, 0.4) is 0 Å². The molecule has 0 bridgehead atoms. The zero-order valence-electron chi connectivity index (χ0n) is 12.3. The number of carbonyl (C=O) groups is 1. The Labute approximate surface area is 125 Å². The summed E-state index contributed by atoms with van der Waals surface area (Å²) in [6, 6.07) is 8.39. The van der Waals surface area contributed by atoms with E-state index in [9.17, 15) is 4.79 Å². The molecule has 110 valence electrons. The molecule has 20 heavy (non-hydrogen) atoms. The van der Waals surface area contributed by atoms with Gasteiger partial charge in [0.25, 0.3) is 0 Å². The molecule has 0 aliphatic carbocycles. The highest BCUT2D eigenvalue weighted by molar-refractivity contribution is 8.00. The fraction of sp³-hybridized carbons (Fsp3) is 0.562. The Kier molecular flexibility index (Phi) is 5.11. The molecule has 0 aromatic heterocycles. The molecule has 2 N–H and O–H groups in total. The van der Waals surface area contributed by atoms with E-state index >= 15 is 0 Å². The van der Waals surface area contributed by atoms with Crippen LogP contribution < -0.4 is 5.32 Å². The van der Waals surface area contributed by atoms with Crippen molar-refractivity contribution in [2.45, 2.75) is 44.5 Å². The summed E-state index contributed by atoms with van der Waals surface area (Å²) in [5.74, 6) is 0.906. The van der Waals surface area contributed by atoms with Crippen LogP contribution in [0.5, 0.6) is 0 Å². The molecule has 0 radical (unpaired) electrons. The lowest BCUT2D eigenvalue weighted by Crippen LogP contribution is -2.39. The molecule has 0 spiro atoms. The van der Waals surface area contributed by atoms with Crippen LogP contribution in [0.2, 0.25) is 0 Å². The Bertz CT molecular complexity index is 458. The summed E-state index contributed by atoms with van der Waals surface area (Å²) in [6.45, 7) is 6.58. The second-order valence-corrected chi connectivity index (χ2v) is 7.06. The predicted octanol–water partition coefficient (Wildman–Crippen LogP) is 3.10. The van der Waals surface area contributed by atoms with E-state index in [1.54, 1.807) is 11.8 Å². The van der Waals surface area contributed by atoms with E-state index in [-0.39, 0.29) is 5.37 Å². The Hall–Kier alpha value is -1.00. The Morgan fingerprint density at radius 3 is 2.50 bits per heavy atom. The van der Waals surface area contributed by atoms with Crippen molar-refractivity contribution in [3.05, 3.63) is 35.4 Å². The summed E-state index contributed by atoms with van der Waals surface area (Å²) in [4.78, 5) is 11.0. The van der Waals surface area contributed by atoms with Gasteiger partial charge >= 0.3 is 5.97 Å². The van der Waals surface area contributed by atoms with Gasteiger partial charge in [0.2, 0.25) is 0 Å². The SMILES string of the molecule is CC(C)c1ccc(CC(C)C2NC(C(=O)O)CS2)cc1. The maximum Gasteiger partial charge on any atom is 0.321 e. The quantitative estimate of drug-likeness (QED) is 0.876. The molecule has 1 aliphatic rings. The fourth-order valence-electron chi connectivity index (χ4n) is 2.48.